The molecule has 3 aromatic rings. The van der Waals surface area contributed by atoms with Crippen LogP contribution in [0.25, 0.3) is 0 Å². The lowest BCUT2D eigenvalue weighted by Crippen LogP contribution is -2.15. The molecule has 0 aromatic heterocycles. The van der Waals surface area contributed by atoms with E-state index >= 15 is 0 Å². The number of halogens is 1. The highest BCUT2D eigenvalue weighted by molar-refractivity contribution is 6.30. The first-order valence-corrected chi connectivity index (χ1v) is 9.25. The number of ether oxygens (including phenoxy) is 2. The third-order valence-corrected chi connectivity index (χ3v) is 4.31. The number of carbonyl (C=O) groups is 2. The van der Waals surface area contributed by atoms with Crippen molar-refractivity contribution in [3.63, 3.8) is 0 Å². The molecule has 0 bridgehead atoms. The molecule has 0 heterocycles. The third-order valence-electron chi connectivity index (χ3n) is 4.06. The van der Waals surface area contributed by atoms with Gasteiger partial charge in [-0.3, -0.25) is 4.79 Å². The summed E-state index contributed by atoms with van der Waals surface area (Å²) in [5, 5.41) is 0.598. The number of esters is 2. The quantitative estimate of drug-likeness (QED) is 0.423. The maximum Gasteiger partial charge on any atom is 0.341 e. The highest BCUT2D eigenvalue weighted by Gasteiger charge is 2.16. The molecule has 142 valence electrons. The molecule has 0 aliphatic heterocycles. The van der Waals surface area contributed by atoms with Gasteiger partial charge < -0.3 is 9.47 Å². The minimum atomic E-state index is -0.522. The van der Waals surface area contributed by atoms with Gasteiger partial charge in [-0.05, 0) is 35.4 Å². The highest BCUT2D eigenvalue weighted by atomic mass is 35.5. The second-order valence-corrected chi connectivity index (χ2v) is 6.58. The van der Waals surface area contributed by atoms with Crippen LogP contribution in [0, 0.1) is 0 Å². The Hall–Kier alpha value is -3.11. The monoisotopic (exact) mass is 394 g/mol. The maximum atomic E-state index is 12.4. The summed E-state index contributed by atoms with van der Waals surface area (Å²) in [4.78, 5) is 24.6. The van der Waals surface area contributed by atoms with E-state index in [1.807, 2.05) is 30.3 Å². The van der Waals surface area contributed by atoms with E-state index in [-0.39, 0.29) is 24.3 Å². The molecule has 4 nitrogen and oxygen atoms in total. The van der Waals surface area contributed by atoms with Gasteiger partial charge in [-0.15, -0.1) is 0 Å². The van der Waals surface area contributed by atoms with E-state index in [4.69, 9.17) is 21.1 Å². The van der Waals surface area contributed by atoms with Crippen LogP contribution in [0.1, 0.15) is 21.5 Å². The molecule has 0 spiro atoms. The van der Waals surface area contributed by atoms with Gasteiger partial charge in [0, 0.05) is 11.4 Å². The maximum absolute atomic E-state index is 12.4. The number of para-hydroxylation sites is 1. The van der Waals surface area contributed by atoms with Gasteiger partial charge in [0.25, 0.3) is 0 Å². The molecule has 0 aliphatic carbocycles. The molecule has 0 amide bonds. The lowest BCUT2D eigenvalue weighted by atomic mass is 10.1. The SMILES string of the molecule is O=C(Cc1ccc(Cl)cc1)Oc1ccccc1C(=O)OCCc1ccccc1. The summed E-state index contributed by atoms with van der Waals surface area (Å²) in [6, 6.07) is 23.2. The van der Waals surface area contributed by atoms with Crippen LogP contribution in [-0.4, -0.2) is 18.5 Å². The van der Waals surface area contributed by atoms with Crippen molar-refractivity contribution < 1.29 is 19.1 Å². The van der Waals surface area contributed by atoms with E-state index in [0.29, 0.717) is 11.4 Å². The Morgan fingerprint density at radius 1 is 0.786 bits per heavy atom. The van der Waals surface area contributed by atoms with Gasteiger partial charge in [0.1, 0.15) is 11.3 Å². The predicted molar refractivity (Wildman–Crippen MR) is 108 cm³/mol. The Bertz CT molecular complexity index is 936. The molecular formula is C23H19ClO4. The zero-order chi connectivity index (χ0) is 19.8. The zero-order valence-corrected chi connectivity index (χ0v) is 15.9. The molecule has 0 N–H and O–H groups in total. The van der Waals surface area contributed by atoms with Gasteiger partial charge in [0.05, 0.1) is 13.0 Å². The molecule has 3 aromatic carbocycles. The first-order chi connectivity index (χ1) is 13.6. The number of rotatable bonds is 7. The number of benzene rings is 3. The molecule has 3 rings (SSSR count). The Labute approximate surface area is 168 Å². The highest BCUT2D eigenvalue weighted by Crippen LogP contribution is 2.20. The molecule has 0 fully saturated rings. The number of carbonyl (C=O) groups excluding carboxylic acids is 2. The minimum absolute atomic E-state index is 0.0779. The van der Waals surface area contributed by atoms with Crippen molar-refractivity contribution >= 4 is 23.5 Å². The van der Waals surface area contributed by atoms with Gasteiger partial charge in [0.15, 0.2) is 0 Å². The molecular weight excluding hydrogens is 376 g/mol. The average molecular weight is 395 g/mol. The Morgan fingerprint density at radius 3 is 2.21 bits per heavy atom. The summed E-state index contributed by atoms with van der Waals surface area (Å²) in [6.07, 6.45) is 0.694. The van der Waals surface area contributed by atoms with Gasteiger partial charge in [0.2, 0.25) is 0 Å². The Balaban J connectivity index is 1.59. The van der Waals surface area contributed by atoms with Crippen LogP contribution < -0.4 is 4.74 Å². The van der Waals surface area contributed by atoms with E-state index in [1.54, 1.807) is 48.5 Å². The summed E-state index contributed by atoms with van der Waals surface area (Å²) < 4.78 is 10.7. The van der Waals surface area contributed by atoms with Gasteiger partial charge >= 0.3 is 11.9 Å². The largest absolute Gasteiger partial charge is 0.462 e. The first kappa shape index (κ1) is 19.6. The number of hydrogen-bond donors (Lipinski definition) is 0. The van der Waals surface area contributed by atoms with Crippen LogP contribution in [0.2, 0.25) is 5.02 Å². The summed E-state index contributed by atoms with van der Waals surface area (Å²) >= 11 is 5.85. The standard InChI is InChI=1S/C23H19ClO4/c24-19-12-10-18(11-13-19)16-22(25)28-21-9-5-4-8-20(21)23(26)27-15-14-17-6-2-1-3-7-17/h1-13H,14-16H2. The van der Waals surface area contributed by atoms with Gasteiger partial charge in [-0.25, -0.2) is 4.79 Å². The molecule has 0 unspecified atom stereocenters. The van der Waals surface area contributed by atoms with E-state index in [0.717, 1.165) is 11.1 Å². The van der Waals surface area contributed by atoms with E-state index in [2.05, 4.69) is 0 Å². The molecule has 28 heavy (non-hydrogen) atoms. The van der Waals surface area contributed by atoms with Crippen LogP contribution in [0.4, 0.5) is 0 Å². The molecule has 5 heteroatoms. The third kappa shape index (κ3) is 5.69. The van der Waals surface area contributed by atoms with Crippen LogP contribution in [0.5, 0.6) is 5.75 Å². The summed E-state index contributed by atoms with van der Waals surface area (Å²) in [6.45, 7) is 0.246. The fraction of sp³-hybridized carbons (Fsp3) is 0.130. The zero-order valence-electron chi connectivity index (χ0n) is 15.1. The van der Waals surface area contributed by atoms with Crippen molar-refractivity contribution in [2.24, 2.45) is 0 Å². The summed E-state index contributed by atoms with van der Waals surface area (Å²) in [5.41, 5.74) is 2.08. The molecule has 0 saturated carbocycles. The van der Waals surface area contributed by atoms with Crippen LogP contribution in [0.15, 0.2) is 78.9 Å². The smallest absolute Gasteiger partial charge is 0.341 e. The van der Waals surface area contributed by atoms with Gasteiger partial charge in [-0.1, -0.05) is 66.2 Å². The second-order valence-electron chi connectivity index (χ2n) is 6.14. The summed E-state index contributed by atoms with van der Waals surface area (Å²) in [7, 11) is 0. The number of hydrogen-bond acceptors (Lipinski definition) is 4. The Morgan fingerprint density at radius 2 is 1.46 bits per heavy atom. The van der Waals surface area contributed by atoms with Gasteiger partial charge in [-0.2, -0.15) is 0 Å². The second kappa shape index (κ2) is 9.72. The van der Waals surface area contributed by atoms with Crippen molar-refractivity contribution in [2.75, 3.05) is 6.61 Å². The van der Waals surface area contributed by atoms with Crippen LogP contribution in [0.3, 0.4) is 0 Å². The first-order valence-electron chi connectivity index (χ1n) is 8.87. The lowest BCUT2D eigenvalue weighted by molar-refractivity contribution is -0.133. The van der Waals surface area contributed by atoms with E-state index in [9.17, 15) is 9.59 Å². The molecule has 0 saturated heterocycles. The fourth-order valence-electron chi connectivity index (χ4n) is 2.64. The van der Waals surface area contributed by atoms with Crippen LogP contribution >= 0.6 is 11.6 Å². The Kier molecular flexibility index (Phi) is 6.82. The topological polar surface area (TPSA) is 52.6 Å². The van der Waals surface area contributed by atoms with Crippen LogP contribution in [-0.2, 0) is 22.4 Å². The lowest BCUT2D eigenvalue weighted by Gasteiger charge is -2.10. The minimum Gasteiger partial charge on any atom is -0.462 e. The fourth-order valence-corrected chi connectivity index (χ4v) is 2.76. The van der Waals surface area contributed by atoms with Crippen molar-refractivity contribution in [1.82, 2.24) is 0 Å². The predicted octanol–water partition coefficient (Wildman–Crippen LogP) is 4.89. The van der Waals surface area contributed by atoms with Crippen molar-refractivity contribution in [2.45, 2.75) is 12.8 Å². The van der Waals surface area contributed by atoms with Crippen molar-refractivity contribution in [1.29, 1.82) is 0 Å². The van der Waals surface area contributed by atoms with E-state index in [1.165, 1.54) is 0 Å². The van der Waals surface area contributed by atoms with Crippen molar-refractivity contribution in [3.05, 3.63) is 101 Å². The summed E-state index contributed by atoms with van der Waals surface area (Å²) in [5.74, 6) is -0.802. The molecule has 0 aliphatic rings. The molecule has 0 radical (unpaired) electrons. The molecule has 0 atom stereocenters. The average Bonchev–Trinajstić information content (AvgIpc) is 2.71. The van der Waals surface area contributed by atoms with E-state index < -0.39 is 11.9 Å². The van der Waals surface area contributed by atoms with Crippen molar-refractivity contribution in [3.8, 4) is 5.75 Å². The normalized spacial score (nSPS) is 10.3.